The molecule has 0 saturated heterocycles. The average Bonchev–Trinajstić information content (AvgIpc) is 2.10. The van der Waals surface area contributed by atoms with Crippen molar-refractivity contribution in [2.75, 3.05) is 0 Å². The molecule has 0 saturated carbocycles. The number of cyclic esters (lactones) is 2. The first-order valence-corrected chi connectivity index (χ1v) is 2.12. The summed E-state index contributed by atoms with van der Waals surface area (Å²) in [5.74, 6) is -1.63. The van der Waals surface area contributed by atoms with Crippen LogP contribution in [0.5, 0.6) is 0 Å². The van der Waals surface area contributed by atoms with Gasteiger partial charge in [0.15, 0.2) is 0 Å². The van der Waals surface area contributed by atoms with Crippen molar-refractivity contribution in [2.45, 2.75) is 0 Å². The summed E-state index contributed by atoms with van der Waals surface area (Å²) >= 11 is 0. The quantitative estimate of drug-likeness (QED) is 0.322. The lowest BCUT2D eigenvalue weighted by molar-refractivity contribution is -0.150. The van der Waals surface area contributed by atoms with E-state index in [0.717, 1.165) is 6.08 Å². The fourth-order valence-electron chi connectivity index (χ4n) is 0.430. The second-order valence-corrected chi connectivity index (χ2v) is 1.38. The van der Waals surface area contributed by atoms with Crippen molar-refractivity contribution in [3.8, 4) is 6.07 Å². The van der Waals surface area contributed by atoms with E-state index in [0.29, 0.717) is 0 Å². The summed E-state index contributed by atoms with van der Waals surface area (Å²) in [5.41, 5.74) is -0.236. The maximum atomic E-state index is 10.3. The zero-order valence-corrected chi connectivity index (χ0v) is 4.25. The molecule has 0 atom stereocenters. The molecule has 0 aromatic rings. The predicted octanol–water partition coefficient (Wildman–Crippen LogP) is -0.480. The first-order chi connectivity index (χ1) is 4.24. The van der Waals surface area contributed by atoms with Gasteiger partial charge >= 0.3 is 11.9 Å². The molecule has 0 aliphatic carbocycles. The van der Waals surface area contributed by atoms with E-state index in [2.05, 4.69) is 4.74 Å². The van der Waals surface area contributed by atoms with Gasteiger partial charge in [0.2, 0.25) is 0 Å². The van der Waals surface area contributed by atoms with Crippen LogP contribution in [0.1, 0.15) is 0 Å². The minimum Gasteiger partial charge on any atom is -0.386 e. The second-order valence-electron chi connectivity index (χ2n) is 1.38. The zero-order valence-electron chi connectivity index (χ0n) is 4.25. The minimum atomic E-state index is -0.859. The molecule has 1 rings (SSSR count). The van der Waals surface area contributed by atoms with Gasteiger partial charge in [-0.2, -0.15) is 5.26 Å². The van der Waals surface area contributed by atoms with Crippen LogP contribution in [-0.2, 0) is 14.3 Å². The average molecular weight is 123 g/mol. The molecule has 0 N–H and O–H groups in total. The van der Waals surface area contributed by atoms with Crippen molar-refractivity contribution in [1.82, 2.24) is 0 Å². The van der Waals surface area contributed by atoms with Gasteiger partial charge in [0.05, 0.1) is 0 Å². The monoisotopic (exact) mass is 123 g/mol. The Hall–Kier alpha value is -1.63. The highest BCUT2D eigenvalue weighted by atomic mass is 16.6. The minimum absolute atomic E-state index is 0.236. The standard InChI is InChI=1S/C5HNO3/c6-2-3-1-4(7)9-5(3)8/h1H. The van der Waals surface area contributed by atoms with Crippen molar-refractivity contribution >= 4 is 11.9 Å². The van der Waals surface area contributed by atoms with E-state index in [1.54, 1.807) is 0 Å². The molecule has 0 bridgehead atoms. The van der Waals surface area contributed by atoms with Crippen LogP contribution in [0.2, 0.25) is 0 Å². The number of ether oxygens (including phenoxy) is 1. The van der Waals surface area contributed by atoms with Crippen LogP contribution >= 0.6 is 0 Å². The van der Waals surface area contributed by atoms with Crippen LogP contribution < -0.4 is 0 Å². The summed E-state index contributed by atoms with van der Waals surface area (Å²) in [6, 6.07) is 1.51. The predicted molar refractivity (Wildman–Crippen MR) is 24.8 cm³/mol. The van der Waals surface area contributed by atoms with Gasteiger partial charge in [-0.25, -0.2) is 9.59 Å². The molecule has 4 nitrogen and oxygen atoms in total. The topological polar surface area (TPSA) is 67.2 Å². The molecule has 0 unspecified atom stereocenters. The largest absolute Gasteiger partial charge is 0.386 e. The Morgan fingerprint density at radius 1 is 1.56 bits per heavy atom. The van der Waals surface area contributed by atoms with Crippen molar-refractivity contribution in [2.24, 2.45) is 0 Å². The molecule has 0 aromatic heterocycles. The SMILES string of the molecule is N#CC1=CC(=O)OC1=O. The molecule has 0 radical (unpaired) electrons. The first-order valence-electron chi connectivity index (χ1n) is 2.12. The Kier molecular flexibility index (Phi) is 1.04. The molecule has 44 valence electrons. The summed E-state index contributed by atoms with van der Waals surface area (Å²) in [4.78, 5) is 20.4. The summed E-state index contributed by atoms with van der Waals surface area (Å²) in [6.45, 7) is 0. The van der Waals surface area contributed by atoms with Crippen LogP contribution in [0.25, 0.3) is 0 Å². The lowest BCUT2D eigenvalue weighted by atomic mass is 10.3. The number of hydrogen-bond donors (Lipinski definition) is 0. The first kappa shape index (κ1) is 5.51. The van der Waals surface area contributed by atoms with E-state index in [9.17, 15) is 9.59 Å². The van der Waals surface area contributed by atoms with Crippen molar-refractivity contribution in [3.05, 3.63) is 11.6 Å². The molecule has 1 heterocycles. The van der Waals surface area contributed by atoms with E-state index >= 15 is 0 Å². The highest BCUT2D eigenvalue weighted by Crippen LogP contribution is 2.05. The van der Waals surface area contributed by atoms with E-state index in [1.165, 1.54) is 6.07 Å². The lowest BCUT2D eigenvalue weighted by Gasteiger charge is -1.82. The third-order valence-corrected chi connectivity index (χ3v) is 0.796. The van der Waals surface area contributed by atoms with Gasteiger partial charge in [-0.3, -0.25) is 0 Å². The normalized spacial score (nSPS) is 16.6. The van der Waals surface area contributed by atoms with Crippen molar-refractivity contribution < 1.29 is 14.3 Å². The van der Waals surface area contributed by atoms with Gasteiger partial charge in [-0.15, -0.1) is 0 Å². The van der Waals surface area contributed by atoms with E-state index in [-0.39, 0.29) is 5.57 Å². The molecule has 0 aromatic carbocycles. The van der Waals surface area contributed by atoms with E-state index in [1.807, 2.05) is 0 Å². The van der Waals surface area contributed by atoms with Gasteiger partial charge in [-0.1, -0.05) is 0 Å². The number of carbonyl (C=O) groups excluding carboxylic acids is 2. The Morgan fingerprint density at radius 3 is 2.44 bits per heavy atom. The van der Waals surface area contributed by atoms with Gasteiger partial charge < -0.3 is 4.74 Å². The fraction of sp³-hybridized carbons (Fsp3) is 0. The van der Waals surface area contributed by atoms with Crippen molar-refractivity contribution in [3.63, 3.8) is 0 Å². The highest BCUT2D eigenvalue weighted by molar-refractivity contribution is 6.11. The summed E-state index contributed by atoms with van der Waals surface area (Å²) in [6.07, 6.45) is 0.863. The molecule has 9 heavy (non-hydrogen) atoms. The second kappa shape index (κ2) is 1.71. The van der Waals surface area contributed by atoms with Crippen LogP contribution in [0.4, 0.5) is 0 Å². The van der Waals surface area contributed by atoms with Crippen LogP contribution in [0.3, 0.4) is 0 Å². The molecule has 0 spiro atoms. The Labute approximate surface area is 50.3 Å². The Balaban J connectivity index is 2.97. The Bertz CT molecular complexity index is 245. The van der Waals surface area contributed by atoms with Gasteiger partial charge in [-0.05, 0) is 0 Å². The summed E-state index contributed by atoms with van der Waals surface area (Å²) in [7, 11) is 0. The number of nitrogens with zero attached hydrogens (tertiary/aromatic N) is 1. The van der Waals surface area contributed by atoms with Gasteiger partial charge in [0, 0.05) is 6.08 Å². The summed E-state index contributed by atoms with van der Waals surface area (Å²) in [5, 5.41) is 8.08. The Morgan fingerprint density at radius 2 is 2.22 bits per heavy atom. The van der Waals surface area contributed by atoms with Crippen LogP contribution in [-0.4, -0.2) is 11.9 Å². The molecular formula is C5HNO3. The molecule has 1 aliphatic rings. The van der Waals surface area contributed by atoms with Crippen LogP contribution in [0.15, 0.2) is 11.6 Å². The number of esters is 2. The number of hydrogen-bond acceptors (Lipinski definition) is 4. The molecular weight excluding hydrogens is 122 g/mol. The maximum absolute atomic E-state index is 10.3. The smallest absolute Gasteiger partial charge is 0.357 e. The lowest BCUT2D eigenvalue weighted by Crippen LogP contribution is -2.00. The van der Waals surface area contributed by atoms with Crippen LogP contribution in [0, 0.1) is 11.3 Å². The third-order valence-electron chi connectivity index (χ3n) is 0.796. The van der Waals surface area contributed by atoms with Gasteiger partial charge in [0.1, 0.15) is 11.6 Å². The number of rotatable bonds is 0. The maximum Gasteiger partial charge on any atom is 0.357 e. The fourth-order valence-corrected chi connectivity index (χ4v) is 0.430. The highest BCUT2D eigenvalue weighted by Gasteiger charge is 2.22. The number of nitriles is 1. The van der Waals surface area contributed by atoms with E-state index < -0.39 is 11.9 Å². The molecule has 4 heteroatoms. The molecule has 1 aliphatic heterocycles. The molecule has 0 amide bonds. The molecule has 0 fully saturated rings. The summed E-state index contributed by atoms with van der Waals surface area (Å²) < 4.78 is 3.97. The number of carbonyl (C=O) groups is 2. The zero-order chi connectivity index (χ0) is 6.85. The van der Waals surface area contributed by atoms with E-state index in [4.69, 9.17) is 5.26 Å². The van der Waals surface area contributed by atoms with Crippen molar-refractivity contribution in [1.29, 1.82) is 5.26 Å². The van der Waals surface area contributed by atoms with Gasteiger partial charge in [0.25, 0.3) is 0 Å². The third kappa shape index (κ3) is 0.795.